The van der Waals surface area contributed by atoms with Crippen molar-refractivity contribution >= 4 is 50.9 Å². The third-order valence-electron chi connectivity index (χ3n) is 8.38. The van der Waals surface area contributed by atoms with Crippen LogP contribution in [-0.2, 0) is 24.2 Å². The van der Waals surface area contributed by atoms with E-state index in [1.165, 1.54) is 0 Å². The first-order valence-electron chi connectivity index (χ1n) is 13.8. The molecule has 4 rings (SSSR count). The first-order valence-corrected chi connectivity index (χ1v) is 15.6. The van der Waals surface area contributed by atoms with Crippen LogP contribution >= 0.6 is 11.6 Å². The van der Waals surface area contributed by atoms with E-state index < -0.39 is 116 Å². The number of amides is 4. The van der Waals surface area contributed by atoms with Gasteiger partial charge in [-0.2, -0.15) is 0 Å². The van der Waals surface area contributed by atoms with Gasteiger partial charge in [0.25, 0.3) is 5.91 Å². The summed E-state index contributed by atoms with van der Waals surface area (Å²) in [4.78, 5) is 45.5. The predicted octanol–water partition coefficient (Wildman–Crippen LogP) is 1.74. The molecule has 7 N–H and O–H groups in total. The molecular formula is C28H30ClF3N4O9S. The number of aliphatic hydroxyl groups is 2. The van der Waals surface area contributed by atoms with Crippen LogP contribution in [0.25, 0.3) is 0 Å². The van der Waals surface area contributed by atoms with Gasteiger partial charge in [-0.25, -0.2) is 26.4 Å². The second-order valence-corrected chi connectivity index (χ2v) is 13.9. The van der Waals surface area contributed by atoms with E-state index in [9.17, 15) is 51.0 Å². The minimum absolute atomic E-state index is 0.279. The maximum Gasteiger partial charge on any atom is 0.407 e. The molecule has 46 heavy (non-hydrogen) atoms. The van der Waals surface area contributed by atoms with Gasteiger partial charge in [0.05, 0.1) is 29.0 Å². The molecule has 3 unspecified atom stereocenters. The number of hydrogen-bond acceptors (Lipinski definition) is 9. The number of carbonyl (C=O) groups excluding carboxylic acids is 4. The van der Waals surface area contributed by atoms with Gasteiger partial charge in [0.15, 0.2) is 22.4 Å². The van der Waals surface area contributed by atoms with E-state index >= 15 is 0 Å². The van der Waals surface area contributed by atoms with E-state index in [1.54, 1.807) is 0 Å². The highest BCUT2D eigenvalue weighted by Gasteiger charge is 2.61. The molecule has 250 valence electrons. The molecule has 18 heteroatoms. The van der Waals surface area contributed by atoms with E-state index in [1.807, 2.05) is 0 Å². The molecule has 0 heterocycles. The Labute approximate surface area is 265 Å². The Morgan fingerprint density at radius 1 is 1.07 bits per heavy atom. The quantitative estimate of drug-likeness (QED) is 0.200. The van der Waals surface area contributed by atoms with E-state index in [-0.39, 0.29) is 23.4 Å². The molecule has 2 aromatic rings. The van der Waals surface area contributed by atoms with Gasteiger partial charge in [0, 0.05) is 29.9 Å². The number of alkyl carbamates (subject to hydrolysis) is 1. The molecular weight excluding hydrogens is 661 g/mol. The number of rotatable bonds is 10. The Balaban J connectivity index is 1.53. The average molecular weight is 691 g/mol. The van der Waals surface area contributed by atoms with Crippen LogP contribution in [0.1, 0.15) is 42.5 Å². The second kappa shape index (κ2) is 13.1. The standard InChI is InChI=1S/C28H30ClF3N4O9S/c1-45-26(40)36-20(9-22(33)37)25(39)34-12-28(42)14-3-4-15(28)11-27(41,10-14)46(43,44)21-6-13(2-5-17(21)29)24(38)35-16-7-18(30)23(32)19(31)8-16/h2,5-8,14-15,20,41-42H,3-4,9-12H2,1H3,(H2,33,37)(H,34,39)(H,35,38)(H,36,40)/t14-,15?,20-,27?,28?/m0/s1. The highest BCUT2D eigenvalue weighted by molar-refractivity contribution is 7.92. The number of ether oxygens (including phenoxy) is 1. The molecule has 0 radical (unpaired) electrons. The number of benzene rings is 2. The molecule has 0 spiro atoms. The van der Waals surface area contributed by atoms with Crippen LogP contribution < -0.4 is 21.7 Å². The Kier molecular flexibility index (Phi) is 9.91. The van der Waals surface area contributed by atoms with Gasteiger partial charge in [-0.15, -0.1) is 0 Å². The maximum absolute atomic E-state index is 13.9. The molecule has 2 saturated carbocycles. The topological polar surface area (TPSA) is 214 Å². The fourth-order valence-corrected chi connectivity index (χ4v) is 8.28. The van der Waals surface area contributed by atoms with Crippen LogP contribution in [0.2, 0.25) is 5.02 Å². The van der Waals surface area contributed by atoms with Crippen LogP contribution in [0.4, 0.5) is 23.7 Å². The van der Waals surface area contributed by atoms with Crippen molar-refractivity contribution in [1.29, 1.82) is 0 Å². The highest BCUT2D eigenvalue weighted by Crippen LogP contribution is 2.55. The van der Waals surface area contributed by atoms with Crippen LogP contribution in [0.15, 0.2) is 35.2 Å². The molecule has 2 aliphatic carbocycles. The zero-order valence-electron chi connectivity index (χ0n) is 24.1. The van der Waals surface area contributed by atoms with Crippen molar-refractivity contribution in [3.8, 4) is 0 Å². The predicted molar refractivity (Wildman–Crippen MR) is 154 cm³/mol. The molecule has 0 aliphatic heterocycles. The molecule has 2 aliphatic rings. The summed E-state index contributed by atoms with van der Waals surface area (Å²) in [5.74, 6) is -9.34. The van der Waals surface area contributed by atoms with Crippen molar-refractivity contribution < 1.29 is 55.7 Å². The summed E-state index contributed by atoms with van der Waals surface area (Å²) in [5, 5.41) is 29.5. The minimum Gasteiger partial charge on any atom is -0.453 e. The average Bonchev–Trinajstić information content (AvgIpc) is 3.13. The lowest BCUT2D eigenvalue weighted by molar-refractivity contribution is -0.131. The third kappa shape index (κ3) is 6.77. The summed E-state index contributed by atoms with van der Waals surface area (Å²) >= 11 is 6.20. The number of halogens is 4. The Hall–Kier alpha value is -3.93. The number of anilines is 1. The van der Waals surface area contributed by atoms with Gasteiger partial charge in [-0.3, -0.25) is 14.4 Å². The summed E-state index contributed by atoms with van der Waals surface area (Å²) in [6.07, 6.45) is -1.98. The smallest absolute Gasteiger partial charge is 0.407 e. The zero-order chi connectivity index (χ0) is 34.2. The molecule has 13 nitrogen and oxygen atoms in total. The van der Waals surface area contributed by atoms with E-state index in [0.29, 0.717) is 12.1 Å². The van der Waals surface area contributed by atoms with Crippen molar-refractivity contribution in [3.05, 3.63) is 58.4 Å². The largest absolute Gasteiger partial charge is 0.453 e. The lowest BCUT2D eigenvalue weighted by Crippen LogP contribution is -2.60. The van der Waals surface area contributed by atoms with Crippen molar-refractivity contribution in [2.24, 2.45) is 17.6 Å². The molecule has 2 fully saturated rings. The maximum atomic E-state index is 13.9. The number of fused-ring (bicyclic) bond motifs is 2. The van der Waals surface area contributed by atoms with Crippen molar-refractivity contribution in [2.45, 2.75) is 53.6 Å². The molecule has 5 atom stereocenters. The summed E-state index contributed by atoms with van der Waals surface area (Å²) in [5.41, 5.74) is 2.71. The van der Waals surface area contributed by atoms with Gasteiger partial charge in [0.1, 0.15) is 6.04 Å². The molecule has 0 saturated heterocycles. The van der Waals surface area contributed by atoms with Crippen LogP contribution in [-0.4, -0.2) is 72.7 Å². The van der Waals surface area contributed by atoms with Crippen molar-refractivity contribution in [3.63, 3.8) is 0 Å². The molecule has 0 aromatic heterocycles. The number of methoxy groups -OCH3 is 1. The van der Waals surface area contributed by atoms with Crippen LogP contribution in [0, 0.1) is 29.3 Å². The zero-order valence-corrected chi connectivity index (χ0v) is 25.7. The third-order valence-corrected chi connectivity index (χ3v) is 11.1. The SMILES string of the molecule is COC(=O)N[C@@H](CC(N)=O)C(=O)NCC1(O)C2CC[C@H]1CC(O)(S(=O)(=O)c1cc(C(=O)Nc3cc(F)c(F)c(F)c3)ccc1Cl)C2. The molecule has 4 amide bonds. The first-order chi connectivity index (χ1) is 21.4. The second-order valence-electron chi connectivity index (χ2n) is 11.3. The summed E-state index contributed by atoms with van der Waals surface area (Å²) in [7, 11) is -3.68. The van der Waals surface area contributed by atoms with Gasteiger partial charge < -0.3 is 36.6 Å². The van der Waals surface area contributed by atoms with E-state index in [0.717, 1.165) is 25.3 Å². The summed E-state index contributed by atoms with van der Waals surface area (Å²) < 4.78 is 72.6. The number of sulfone groups is 1. The normalized spacial score (nSPS) is 24.5. The Bertz CT molecular complexity index is 1660. The fraction of sp³-hybridized carbons (Fsp3) is 0.429. The van der Waals surface area contributed by atoms with Gasteiger partial charge >= 0.3 is 6.09 Å². The number of nitrogens with two attached hydrogens (primary N) is 1. The monoisotopic (exact) mass is 690 g/mol. The van der Waals surface area contributed by atoms with Gasteiger partial charge in [-0.05, 0) is 55.7 Å². The number of hydrogen-bond donors (Lipinski definition) is 6. The minimum atomic E-state index is -4.73. The summed E-state index contributed by atoms with van der Waals surface area (Å²) in [6.45, 7) is -0.406. The van der Waals surface area contributed by atoms with Gasteiger partial charge in [-0.1, -0.05) is 11.6 Å². The van der Waals surface area contributed by atoms with E-state index in [2.05, 4.69) is 20.7 Å². The van der Waals surface area contributed by atoms with E-state index in [4.69, 9.17) is 17.3 Å². The molecule has 2 aromatic carbocycles. The summed E-state index contributed by atoms with van der Waals surface area (Å²) in [6, 6.07) is 2.72. The Morgan fingerprint density at radius 3 is 2.20 bits per heavy atom. The Morgan fingerprint density at radius 2 is 1.65 bits per heavy atom. The lowest BCUT2D eigenvalue weighted by Gasteiger charge is -2.46. The van der Waals surface area contributed by atoms with Crippen LogP contribution in [0.5, 0.6) is 0 Å². The number of primary amides is 1. The van der Waals surface area contributed by atoms with Crippen molar-refractivity contribution in [2.75, 3.05) is 19.0 Å². The number of carbonyl (C=O) groups is 4. The lowest BCUT2D eigenvalue weighted by atomic mass is 9.73. The highest BCUT2D eigenvalue weighted by atomic mass is 35.5. The van der Waals surface area contributed by atoms with Crippen molar-refractivity contribution in [1.82, 2.24) is 10.6 Å². The number of nitrogens with one attached hydrogen (secondary N) is 3. The van der Waals surface area contributed by atoms with Gasteiger partial charge in [0.2, 0.25) is 21.7 Å². The fourth-order valence-electron chi connectivity index (χ4n) is 6.00. The molecule has 2 bridgehead atoms. The first kappa shape index (κ1) is 34.9. The van der Waals surface area contributed by atoms with Crippen LogP contribution in [0.3, 0.4) is 0 Å².